The van der Waals surface area contributed by atoms with Crippen LogP contribution >= 0.6 is 0 Å². The van der Waals surface area contributed by atoms with Crippen LogP contribution in [0.25, 0.3) is 0 Å². The molecular formula is C17H25N3O2. The first-order valence-corrected chi connectivity index (χ1v) is 7.72. The number of hydrogen-bond donors (Lipinski definition) is 2. The summed E-state index contributed by atoms with van der Waals surface area (Å²) in [4.78, 5) is 11.3. The van der Waals surface area contributed by atoms with Crippen LogP contribution in [-0.4, -0.2) is 24.8 Å². The Morgan fingerprint density at radius 3 is 2.45 bits per heavy atom. The van der Waals surface area contributed by atoms with Gasteiger partial charge in [-0.25, -0.2) is 0 Å². The molecule has 1 aliphatic rings. The van der Waals surface area contributed by atoms with Crippen LogP contribution in [0.4, 0.5) is 11.4 Å². The third-order valence-corrected chi connectivity index (χ3v) is 4.04. The van der Waals surface area contributed by atoms with E-state index in [1.165, 1.54) is 12.6 Å². The van der Waals surface area contributed by atoms with E-state index in [1.807, 2.05) is 26.0 Å². The number of hydrazone groups is 1. The Balaban J connectivity index is 2.09. The number of rotatable bonds is 4. The van der Waals surface area contributed by atoms with E-state index in [0.717, 1.165) is 48.2 Å². The first kappa shape index (κ1) is 16.5. The summed E-state index contributed by atoms with van der Waals surface area (Å²) in [6, 6.07) is 4.02. The van der Waals surface area contributed by atoms with E-state index < -0.39 is 0 Å². The van der Waals surface area contributed by atoms with Crippen LogP contribution in [0, 0.1) is 13.8 Å². The average molecular weight is 303 g/mol. The maximum Gasteiger partial charge on any atom is 0.221 e. The van der Waals surface area contributed by atoms with Gasteiger partial charge in [0.15, 0.2) is 0 Å². The van der Waals surface area contributed by atoms with E-state index in [2.05, 4.69) is 15.8 Å². The molecule has 0 unspecified atom stereocenters. The lowest BCUT2D eigenvalue weighted by molar-refractivity contribution is -0.114. The summed E-state index contributed by atoms with van der Waals surface area (Å²) in [5.41, 5.74) is 8.19. The number of aryl methyl sites for hydroxylation is 1. The molecule has 1 aromatic carbocycles. The molecular weight excluding hydrogens is 278 g/mol. The van der Waals surface area contributed by atoms with Gasteiger partial charge in [0.05, 0.1) is 11.8 Å². The van der Waals surface area contributed by atoms with Crippen LogP contribution in [0.1, 0.15) is 43.7 Å². The molecule has 0 aromatic heterocycles. The largest absolute Gasteiger partial charge is 0.381 e. The van der Waals surface area contributed by atoms with E-state index in [1.54, 1.807) is 7.11 Å². The van der Waals surface area contributed by atoms with Gasteiger partial charge in [-0.3, -0.25) is 10.2 Å². The van der Waals surface area contributed by atoms with Crippen LogP contribution in [-0.2, 0) is 9.53 Å². The maximum atomic E-state index is 11.3. The normalized spacial score (nSPS) is 18.0. The fourth-order valence-corrected chi connectivity index (χ4v) is 2.71. The van der Waals surface area contributed by atoms with Crippen molar-refractivity contribution in [2.75, 3.05) is 17.9 Å². The number of anilines is 2. The molecule has 0 aliphatic heterocycles. The van der Waals surface area contributed by atoms with Gasteiger partial charge in [0, 0.05) is 25.4 Å². The topological polar surface area (TPSA) is 62.7 Å². The number of benzene rings is 1. The van der Waals surface area contributed by atoms with Gasteiger partial charge in [0.2, 0.25) is 5.91 Å². The van der Waals surface area contributed by atoms with E-state index in [4.69, 9.17) is 4.74 Å². The average Bonchev–Trinajstić information content (AvgIpc) is 2.49. The van der Waals surface area contributed by atoms with E-state index in [9.17, 15) is 4.79 Å². The Morgan fingerprint density at radius 2 is 1.86 bits per heavy atom. The van der Waals surface area contributed by atoms with Crippen molar-refractivity contribution in [2.45, 2.75) is 52.6 Å². The quantitative estimate of drug-likeness (QED) is 0.835. The Hall–Kier alpha value is -1.88. The van der Waals surface area contributed by atoms with Crippen molar-refractivity contribution in [3.05, 3.63) is 23.3 Å². The summed E-state index contributed by atoms with van der Waals surface area (Å²) in [5, 5.41) is 7.40. The summed E-state index contributed by atoms with van der Waals surface area (Å²) in [5.74, 6) is -0.0659. The molecule has 0 saturated heterocycles. The lowest BCUT2D eigenvalue weighted by Gasteiger charge is -2.21. The lowest BCUT2D eigenvalue weighted by Crippen LogP contribution is -2.20. The van der Waals surface area contributed by atoms with Crippen LogP contribution in [0.2, 0.25) is 0 Å². The lowest BCUT2D eigenvalue weighted by atomic mass is 9.96. The molecule has 0 atom stereocenters. The SMILES string of the molecule is COC1CCC(=NNc2cc(C)cc(NC(C)=O)c2C)CC1. The van der Waals surface area contributed by atoms with Crippen molar-refractivity contribution >= 4 is 23.0 Å². The number of methoxy groups -OCH3 is 1. The fraction of sp³-hybridized carbons (Fsp3) is 0.529. The molecule has 0 bridgehead atoms. The number of carbonyl (C=O) groups is 1. The minimum atomic E-state index is -0.0659. The molecule has 5 heteroatoms. The zero-order valence-electron chi connectivity index (χ0n) is 13.8. The second-order valence-electron chi connectivity index (χ2n) is 5.89. The Kier molecular flexibility index (Phi) is 5.55. The van der Waals surface area contributed by atoms with Crippen LogP contribution < -0.4 is 10.7 Å². The predicted octanol–water partition coefficient (Wildman–Crippen LogP) is 3.62. The van der Waals surface area contributed by atoms with Gasteiger partial charge in [-0.15, -0.1) is 0 Å². The molecule has 0 spiro atoms. The minimum absolute atomic E-state index is 0.0659. The maximum absolute atomic E-state index is 11.3. The van der Waals surface area contributed by atoms with Crippen molar-refractivity contribution in [3.63, 3.8) is 0 Å². The summed E-state index contributed by atoms with van der Waals surface area (Å²) in [6.07, 6.45) is 4.36. The van der Waals surface area contributed by atoms with Crippen molar-refractivity contribution < 1.29 is 9.53 Å². The molecule has 1 fully saturated rings. The van der Waals surface area contributed by atoms with Crippen molar-refractivity contribution in [3.8, 4) is 0 Å². The predicted molar refractivity (Wildman–Crippen MR) is 90.5 cm³/mol. The van der Waals surface area contributed by atoms with Crippen LogP contribution in [0.5, 0.6) is 0 Å². The molecule has 1 amide bonds. The van der Waals surface area contributed by atoms with Crippen molar-refractivity contribution in [1.29, 1.82) is 0 Å². The molecule has 120 valence electrons. The van der Waals surface area contributed by atoms with E-state index in [0.29, 0.717) is 6.10 Å². The third kappa shape index (κ3) is 4.31. The number of ether oxygens (including phenoxy) is 1. The zero-order chi connectivity index (χ0) is 16.1. The molecule has 0 radical (unpaired) electrons. The molecule has 2 rings (SSSR count). The standard InChI is InChI=1S/C17H25N3O2/c1-11-9-16(18-13(3)21)12(2)17(10-11)20-19-14-5-7-15(22-4)8-6-14/h9-10,15,20H,5-8H2,1-4H3,(H,18,21). The Labute approximate surface area is 132 Å². The number of amides is 1. The van der Waals surface area contributed by atoms with Gasteiger partial charge in [-0.2, -0.15) is 5.10 Å². The molecule has 1 saturated carbocycles. The van der Waals surface area contributed by atoms with E-state index in [-0.39, 0.29) is 5.91 Å². The highest BCUT2D eigenvalue weighted by atomic mass is 16.5. The van der Waals surface area contributed by atoms with Gasteiger partial charge in [0.1, 0.15) is 0 Å². The van der Waals surface area contributed by atoms with Gasteiger partial charge >= 0.3 is 0 Å². The number of carbonyl (C=O) groups excluding carboxylic acids is 1. The molecule has 5 nitrogen and oxygen atoms in total. The molecule has 22 heavy (non-hydrogen) atoms. The number of nitrogens with zero attached hydrogens (tertiary/aromatic N) is 1. The third-order valence-electron chi connectivity index (χ3n) is 4.04. The first-order valence-electron chi connectivity index (χ1n) is 7.72. The van der Waals surface area contributed by atoms with Crippen molar-refractivity contribution in [1.82, 2.24) is 0 Å². The van der Waals surface area contributed by atoms with Gasteiger partial charge in [-0.1, -0.05) is 0 Å². The fourth-order valence-electron chi connectivity index (χ4n) is 2.71. The monoisotopic (exact) mass is 303 g/mol. The Bertz CT molecular complexity index is 572. The van der Waals surface area contributed by atoms with Gasteiger partial charge in [-0.05, 0) is 62.8 Å². The highest BCUT2D eigenvalue weighted by Gasteiger charge is 2.17. The molecule has 0 heterocycles. The van der Waals surface area contributed by atoms with Gasteiger partial charge < -0.3 is 10.1 Å². The van der Waals surface area contributed by atoms with Crippen LogP contribution in [0.3, 0.4) is 0 Å². The minimum Gasteiger partial charge on any atom is -0.381 e. The van der Waals surface area contributed by atoms with Crippen LogP contribution in [0.15, 0.2) is 17.2 Å². The summed E-state index contributed by atoms with van der Waals surface area (Å²) in [6.45, 7) is 5.51. The smallest absolute Gasteiger partial charge is 0.221 e. The highest BCUT2D eigenvalue weighted by molar-refractivity contribution is 5.91. The summed E-state index contributed by atoms with van der Waals surface area (Å²) < 4.78 is 5.37. The first-order chi connectivity index (χ1) is 10.5. The molecule has 1 aliphatic carbocycles. The zero-order valence-corrected chi connectivity index (χ0v) is 13.8. The Morgan fingerprint density at radius 1 is 1.23 bits per heavy atom. The molecule has 2 N–H and O–H groups in total. The summed E-state index contributed by atoms with van der Waals surface area (Å²) in [7, 11) is 1.77. The highest BCUT2D eigenvalue weighted by Crippen LogP contribution is 2.26. The number of hydrogen-bond acceptors (Lipinski definition) is 4. The second-order valence-corrected chi connectivity index (χ2v) is 5.89. The molecule has 1 aromatic rings. The second kappa shape index (κ2) is 7.40. The van der Waals surface area contributed by atoms with E-state index >= 15 is 0 Å². The summed E-state index contributed by atoms with van der Waals surface area (Å²) >= 11 is 0. The number of nitrogens with one attached hydrogen (secondary N) is 2. The van der Waals surface area contributed by atoms with Gasteiger partial charge in [0.25, 0.3) is 0 Å². The van der Waals surface area contributed by atoms with Crippen molar-refractivity contribution in [2.24, 2.45) is 5.10 Å².